The number of hydrogen-bond donors (Lipinski definition) is 0. The summed E-state index contributed by atoms with van der Waals surface area (Å²) in [7, 11) is 0. The van der Waals surface area contributed by atoms with Crippen LogP contribution >= 0.6 is 0 Å². The van der Waals surface area contributed by atoms with Crippen LogP contribution in [-0.2, 0) is 4.79 Å². The first-order valence-corrected chi connectivity index (χ1v) is 6.31. The molecular formula is C16H17NO2. The standard InChI is InChI=1S/C16H17NO2/c1-3-17(14-7-5-4-6-8-14)16(18)12-11-15-10-9-13(2)19-15/h4-12H,3H2,1-2H3/b12-11-. The Morgan fingerprint density at radius 3 is 2.53 bits per heavy atom. The molecular weight excluding hydrogens is 238 g/mol. The van der Waals surface area contributed by atoms with E-state index in [1.807, 2.05) is 56.3 Å². The van der Waals surface area contributed by atoms with Gasteiger partial charge in [0.1, 0.15) is 11.5 Å². The van der Waals surface area contributed by atoms with Crippen LogP contribution in [-0.4, -0.2) is 12.5 Å². The second kappa shape index (κ2) is 6.05. The monoisotopic (exact) mass is 255 g/mol. The molecule has 0 unspecified atom stereocenters. The van der Waals surface area contributed by atoms with Crippen LogP contribution in [0.5, 0.6) is 0 Å². The van der Waals surface area contributed by atoms with Crippen molar-refractivity contribution in [1.29, 1.82) is 0 Å². The Balaban J connectivity index is 2.12. The van der Waals surface area contributed by atoms with E-state index in [2.05, 4.69) is 0 Å². The molecule has 3 nitrogen and oxygen atoms in total. The van der Waals surface area contributed by atoms with Gasteiger partial charge in [0.15, 0.2) is 0 Å². The van der Waals surface area contributed by atoms with Crippen molar-refractivity contribution in [2.75, 3.05) is 11.4 Å². The van der Waals surface area contributed by atoms with Gasteiger partial charge in [0.25, 0.3) is 5.91 Å². The van der Waals surface area contributed by atoms with Crippen molar-refractivity contribution in [3.05, 3.63) is 60.1 Å². The van der Waals surface area contributed by atoms with E-state index in [1.165, 1.54) is 6.08 Å². The zero-order valence-corrected chi connectivity index (χ0v) is 11.2. The molecule has 0 aliphatic carbocycles. The van der Waals surface area contributed by atoms with Crippen LogP contribution in [0, 0.1) is 6.92 Å². The Hall–Kier alpha value is -2.29. The van der Waals surface area contributed by atoms with E-state index in [0.29, 0.717) is 12.3 Å². The summed E-state index contributed by atoms with van der Waals surface area (Å²) in [5, 5.41) is 0. The van der Waals surface area contributed by atoms with E-state index < -0.39 is 0 Å². The zero-order chi connectivity index (χ0) is 13.7. The number of benzene rings is 1. The minimum absolute atomic E-state index is 0.0530. The summed E-state index contributed by atoms with van der Waals surface area (Å²) in [5.74, 6) is 1.47. The summed E-state index contributed by atoms with van der Waals surface area (Å²) >= 11 is 0. The van der Waals surface area contributed by atoms with E-state index in [-0.39, 0.29) is 5.91 Å². The second-order valence-corrected chi connectivity index (χ2v) is 4.20. The molecule has 19 heavy (non-hydrogen) atoms. The highest BCUT2D eigenvalue weighted by molar-refractivity contribution is 6.03. The van der Waals surface area contributed by atoms with Crippen molar-refractivity contribution in [2.45, 2.75) is 13.8 Å². The van der Waals surface area contributed by atoms with Gasteiger partial charge in [-0.1, -0.05) is 18.2 Å². The number of amides is 1. The van der Waals surface area contributed by atoms with Crippen LogP contribution in [0.15, 0.2) is 53.0 Å². The average molecular weight is 255 g/mol. The molecule has 0 saturated carbocycles. The number of anilines is 1. The molecule has 1 aromatic heterocycles. The Kier molecular flexibility index (Phi) is 4.18. The van der Waals surface area contributed by atoms with Crippen molar-refractivity contribution >= 4 is 17.7 Å². The summed E-state index contributed by atoms with van der Waals surface area (Å²) in [6.45, 7) is 4.46. The van der Waals surface area contributed by atoms with Gasteiger partial charge >= 0.3 is 0 Å². The molecule has 98 valence electrons. The van der Waals surface area contributed by atoms with Crippen molar-refractivity contribution in [3.8, 4) is 0 Å². The minimum Gasteiger partial charge on any atom is -0.462 e. The smallest absolute Gasteiger partial charge is 0.251 e. The van der Waals surface area contributed by atoms with Crippen molar-refractivity contribution in [1.82, 2.24) is 0 Å². The topological polar surface area (TPSA) is 33.5 Å². The molecule has 0 saturated heterocycles. The van der Waals surface area contributed by atoms with E-state index in [9.17, 15) is 4.79 Å². The molecule has 0 aliphatic heterocycles. The summed E-state index contributed by atoms with van der Waals surface area (Å²) in [6.07, 6.45) is 3.23. The second-order valence-electron chi connectivity index (χ2n) is 4.20. The number of rotatable bonds is 4. The molecule has 1 amide bonds. The summed E-state index contributed by atoms with van der Waals surface area (Å²) in [5.41, 5.74) is 0.898. The van der Waals surface area contributed by atoms with Gasteiger partial charge in [-0.05, 0) is 44.2 Å². The Bertz CT molecular complexity index is 569. The van der Waals surface area contributed by atoms with E-state index in [1.54, 1.807) is 11.0 Å². The molecule has 1 aromatic carbocycles. The van der Waals surface area contributed by atoms with Crippen LogP contribution in [0.25, 0.3) is 6.08 Å². The number of likely N-dealkylation sites (N-methyl/N-ethyl adjacent to an activating group) is 1. The number of para-hydroxylation sites is 1. The van der Waals surface area contributed by atoms with Crippen molar-refractivity contribution in [2.24, 2.45) is 0 Å². The third-order valence-corrected chi connectivity index (χ3v) is 2.80. The van der Waals surface area contributed by atoms with Crippen LogP contribution in [0.2, 0.25) is 0 Å². The van der Waals surface area contributed by atoms with Gasteiger partial charge in [0, 0.05) is 18.3 Å². The maximum absolute atomic E-state index is 12.2. The number of hydrogen-bond acceptors (Lipinski definition) is 2. The van der Waals surface area contributed by atoms with Crippen LogP contribution < -0.4 is 4.90 Å². The zero-order valence-electron chi connectivity index (χ0n) is 11.2. The highest BCUT2D eigenvalue weighted by Crippen LogP contribution is 2.14. The van der Waals surface area contributed by atoms with Crippen LogP contribution in [0.3, 0.4) is 0 Å². The molecule has 3 heteroatoms. The lowest BCUT2D eigenvalue weighted by Crippen LogP contribution is -2.28. The number of furan rings is 1. The van der Waals surface area contributed by atoms with Gasteiger partial charge in [0.05, 0.1) is 0 Å². The summed E-state index contributed by atoms with van der Waals surface area (Å²) in [4.78, 5) is 13.9. The highest BCUT2D eigenvalue weighted by atomic mass is 16.3. The van der Waals surface area contributed by atoms with Gasteiger partial charge in [-0.2, -0.15) is 0 Å². The molecule has 0 aliphatic rings. The van der Waals surface area contributed by atoms with E-state index in [4.69, 9.17) is 4.42 Å². The first kappa shape index (κ1) is 13.1. The van der Waals surface area contributed by atoms with Crippen LogP contribution in [0.4, 0.5) is 5.69 Å². The lowest BCUT2D eigenvalue weighted by Gasteiger charge is -2.18. The largest absolute Gasteiger partial charge is 0.462 e. The Morgan fingerprint density at radius 1 is 1.21 bits per heavy atom. The Morgan fingerprint density at radius 2 is 1.95 bits per heavy atom. The lowest BCUT2D eigenvalue weighted by atomic mass is 10.2. The van der Waals surface area contributed by atoms with E-state index >= 15 is 0 Å². The molecule has 0 radical (unpaired) electrons. The number of carbonyl (C=O) groups is 1. The van der Waals surface area contributed by atoms with Crippen molar-refractivity contribution < 1.29 is 9.21 Å². The molecule has 0 spiro atoms. The molecule has 0 N–H and O–H groups in total. The first-order valence-electron chi connectivity index (χ1n) is 6.31. The first-order chi connectivity index (χ1) is 9.20. The van der Waals surface area contributed by atoms with Gasteiger partial charge in [-0.15, -0.1) is 0 Å². The van der Waals surface area contributed by atoms with Crippen molar-refractivity contribution in [3.63, 3.8) is 0 Å². The van der Waals surface area contributed by atoms with Gasteiger partial charge < -0.3 is 9.32 Å². The third-order valence-electron chi connectivity index (χ3n) is 2.80. The molecule has 0 atom stereocenters. The number of aryl methyl sites for hydroxylation is 1. The third kappa shape index (κ3) is 3.35. The van der Waals surface area contributed by atoms with Crippen LogP contribution in [0.1, 0.15) is 18.4 Å². The minimum atomic E-state index is -0.0530. The lowest BCUT2D eigenvalue weighted by molar-refractivity contribution is -0.114. The fourth-order valence-corrected chi connectivity index (χ4v) is 1.86. The number of carbonyl (C=O) groups excluding carboxylic acids is 1. The molecule has 0 fully saturated rings. The normalized spacial score (nSPS) is 10.8. The summed E-state index contributed by atoms with van der Waals surface area (Å²) in [6, 6.07) is 13.3. The van der Waals surface area contributed by atoms with Gasteiger partial charge in [-0.25, -0.2) is 0 Å². The molecule has 2 aromatic rings. The van der Waals surface area contributed by atoms with Gasteiger partial charge in [0.2, 0.25) is 0 Å². The predicted octanol–water partition coefficient (Wildman–Crippen LogP) is 3.65. The fraction of sp³-hybridized carbons (Fsp3) is 0.188. The SMILES string of the molecule is CCN(C(=O)/C=C\c1ccc(C)o1)c1ccccc1. The van der Waals surface area contributed by atoms with E-state index in [0.717, 1.165) is 11.4 Å². The quantitative estimate of drug-likeness (QED) is 0.781. The number of nitrogens with zero attached hydrogens (tertiary/aromatic N) is 1. The maximum atomic E-state index is 12.2. The highest BCUT2D eigenvalue weighted by Gasteiger charge is 2.10. The average Bonchev–Trinajstić information content (AvgIpc) is 2.84. The molecule has 0 bridgehead atoms. The maximum Gasteiger partial charge on any atom is 0.251 e. The predicted molar refractivity (Wildman–Crippen MR) is 76.9 cm³/mol. The Labute approximate surface area is 113 Å². The van der Waals surface area contributed by atoms with Gasteiger partial charge in [-0.3, -0.25) is 4.79 Å². The fourth-order valence-electron chi connectivity index (χ4n) is 1.86. The summed E-state index contributed by atoms with van der Waals surface area (Å²) < 4.78 is 5.40. The molecule has 2 rings (SSSR count). The molecule has 1 heterocycles.